The zero-order valence-corrected chi connectivity index (χ0v) is 9.48. The number of aromatic hydroxyl groups is 1. The average Bonchev–Trinajstić information content (AvgIpc) is 2.76. The lowest BCUT2D eigenvalue weighted by Gasteiger charge is -2.04. The molecule has 0 saturated heterocycles. The number of carbonyl (C=O) groups is 1. The minimum absolute atomic E-state index is 0.150. The van der Waals surface area contributed by atoms with Crippen molar-refractivity contribution in [1.82, 2.24) is 4.37 Å². The number of carboxylic acids is 1. The van der Waals surface area contributed by atoms with Gasteiger partial charge in [-0.25, -0.2) is 4.79 Å². The first-order valence-corrected chi connectivity index (χ1v) is 5.53. The first-order chi connectivity index (χ1) is 8.16. The van der Waals surface area contributed by atoms with Crippen LogP contribution in [0.4, 0.5) is 0 Å². The average molecular weight is 251 g/mol. The molecule has 0 spiro atoms. The van der Waals surface area contributed by atoms with E-state index in [1.165, 1.54) is 18.3 Å². The van der Waals surface area contributed by atoms with E-state index >= 15 is 0 Å². The second-order valence-corrected chi connectivity index (χ2v) is 4.14. The summed E-state index contributed by atoms with van der Waals surface area (Å²) in [7, 11) is 0. The summed E-state index contributed by atoms with van der Waals surface area (Å²) in [6, 6.07) is 6.22. The van der Waals surface area contributed by atoms with Crippen LogP contribution in [0.3, 0.4) is 0 Å². The maximum absolute atomic E-state index is 10.8. The summed E-state index contributed by atoms with van der Waals surface area (Å²) in [5.74, 6) is -0.294. The summed E-state index contributed by atoms with van der Waals surface area (Å²) in [4.78, 5) is 11.4. The van der Waals surface area contributed by atoms with E-state index in [1.54, 1.807) is 12.1 Å². The van der Waals surface area contributed by atoms with Gasteiger partial charge in [-0.05, 0) is 35.8 Å². The number of carboxylic acid groups (broad SMARTS) is 1. The molecule has 0 saturated carbocycles. The second-order valence-electron chi connectivity index (χ2n) is 3.25. The molecule has 0 aliphatic rings. The molecule has 6 heteroatoms. The first-order valence-electron chi connectivity index (χ1n) is 4.75. The van der Waals surface area contributed by atoms with Crippen molar-refractivity contribution in [3.8, 4) is 11.5 Å². The lowest BCUT2D eigenvalue weighted by molar-refractivity contribution is 0.0694. The summed E-state index contributed by atoms with van der Waals surface area (Å²) < 4.78 is 9.20. The maximum Gasteiger partial charge on any atom is 0.338 e. The Morgan fingerprint density at radius 1 is 1.35 bits per heavy atom. The highest BCUT2D eigenvalue weighted by molar-refractivity contribution is 7.06. The molecule has 0 bridgehead atoms. The monoisotopic (exact) mass is 251 g/mol. The molecule has 0 aliphatic carbocycles. The molecule has 1 heterocycles. The third kappa shape index (κ3) is 2.73. The van der Waals surface area contributed by atoms with Crippen molar-refractivity contribution in [3.05, 3.63) is 40.9 Å². The molecule has 2 N–H and O–H groups in total. The molecular formula is C11H9NO4S. The minimum atomic E-state index is -1.01. The van der Waals surface area contributed by atoms with Crippen molar-refractivity contribution in [2.24, 2.45) is 0 Å². The summed E-state index contributed by atoms with van der Waals surface area (Å²) in [6.07, 6.45) is 1.31. The molecule has 2 aromatic rings. The number of hydrogen-bond donors (Lipinski definition) is 2. The molecule has 88 valence electrons. The van der Waals surface area contributed by atoms with E-state index < -0.39 is 5.97 Å². The second kappa shape index (κ2) is 4.84. The van der Waals surface area contributed by atoms with Crippen LogP contribution in [0.5, 0.6) is 11.5 Å². The molecule has 1 aromatic heterocycles. The molecule has 1 aromatic carbocycles. The summed E-state index contributed by atoms with van der Waals surface area (Å²) in [5.41, 5.74) is 0.161. The van der Waals surface area contributed by atoms with Crippen LogP contribution in [-0.2, 0) is 6.61 Å². The fraction of sp³-hybridized carbons (Fsp3) is 0.0909. The fourth-order valence-corrected chi connectivity index (χ4v) is 1.87. The number of rotatable bonds is 4. The van der Waals surface area contributed by atoms with E-state index in [-0.39, 0.29) is 17.9 Å². The molecular weight excluding hydrogens is 242 g/mol. The van der Waals surface area contributed by atoms with Crippen LogP contribution in [-0.4, -0.2) is 20.6 Å². The maximum atomic E-state index is 10.8. The molecule has 17 heavy (non-hydrogen) atoms. The number of aromatic carboxylic acids is 1. The lowest BCUT2D eigenvalue weighted by Crippen LogP contribution is -2.01. The molecule has 2 rings (SSSR count). The van der Waals surface area contributed by atoms with Crippen LogP contribution in [0.1, 0.15) is 15.2 Å². The van der Waals surface area contributed by atoms with E-state index in [1.807, 2.05) is 0 Å². The van der Waals surface area contributed by atoms with Crippen LogP contribution in [0.2, 0.25) is 0 Å². The van der Waals surface area contributed by atoms with E-state index in [2.05, 4.69) is 4.37 Å². The van der Waals surface area contributed by atoms with Gasteiger partial charge in [0.2, 0.25) is 0 Å². The highest BCUT2D eigenvalue weighted by Gasteiger charge is 2.13. The third-order valence-corrected chi connectivity index (χ3v) is 2.85. The van der Waals surface area contributed by atoms with Crippen molar-refractivity contribution < 1.29 is 19.7 Å². The van der Waals surface area contributed by atoms with Gasteiger partial charge in [-0.15, -0.1) is 0 Å². The number of ether oxygens (including phenoxy) is 1. The summed E-state index contributed by atoms with van der Waals surface area (Å²) in [5, 5.41) is 18.0. The predicted octanol–water partition coefficient (Wildman–Crippen LogP) is 2.13. The topological polar surface area (TPSA) is 79.7 Å². The highest BCUT2D eigenvalue weighted by Crippen LogP contribution is 2.20. The predicted molar refractivity (Wildman–Crippen MR) is 61.5 cm³/mol. The first kappa shape index (κ1) is 11.4. The van der Waals surface area contributed by atoms with E-state index in [4.69, 9.17) is 14.9 Å². The van der Waals surface area contributed by atoms with E-state index in [0.717, 1.165) is 11.5 Å². The van der Waals surface area contributed by atoms with Crippen molar-refractivity contribution in [2.45, 2.75) is 6.61 Å². The SMILES string of the molecule is O=C(O)c1cnsc1COc1ccc(O)cc1. The van der Waals surface area contributed by atoms with Gasteiger partial charge in [0.15, 0.2) is 0 Å². The number of aromatic nitrogens is 1. The molecule has 0 unspecified atom stereocenters. The van der Waals surface area contributed by atoms with Crippen LogP contribution in [0.25, 0.3) is 0 Å². The van der Waals surface area contributed by atoms with Crippen LogP contribution in [0.15, 0.2) is 30.5 Å². The highest BCUT2D eigenvalue weighted by atomic mass is 32.1. The quantitative estimate of drug-likeness (QED) is 0.870. The van der Waals surface area contributed by atoms with Gasteiger partial charge in [-0.2, -0.15) is 4.37 Å². The molecule has 0 fully saturated rings. The summed E-state index contributed by atoms with van der Waals surface area (Å²) in [6.45, 7) is 0.150. The van der Waals surface area contributed by atoms with Crippen LogP contribution < -0.4 is 4.74 Å². The van der Waals surface area contributed by atoms with Gasteiger partial charge in [0.05, 0.1) is 16.6 Å². The number of nitrogens with zero attached hydrogens (tertiary/aromatic N) is 1. The Kier molecular flexibility index (Phi) is 3.24. The van der Waals surface area contributed by atoms with Gasteiger partial charge in [0.25, 0.3) is 0 Å². The number of phenolic OH excluding ortho intramolecular Hbond substituents is 1. The van der Waals surface area contributed by atoms with Gasteiger partial charge in [-0.1, -0.05) is 0 Å². The molecule has 0 aliphatic heterocycles. The van der Waals surface area contributed by atoms with Crippen LogP contribution >= 0.6 is 11.5 Å². The largest absolute Gasteiger partial charge is 0.508 e. The molecule has 0 atom stereocenters. The van der Waals surface area contributed by atoms with Gasteiger partial charge < -0.3 is 14.9 Å². The van der Waals surface area contributed by atoms with Crippen molar-refractivity contribution >= 4 is 17.5 Å². The Morgan fingerprint density at radius 2 is 2.06 bits per heavy atom. The lowest BCUT2D eigenvalue weighted by atomic mass is 10.3. The zero-order chi connectivity index (χ0) is 12.3. The smallest absolute Gasteiger partial charge is 0.338 e. The third-order valence-electron chi connectivity index (χ3n) is 2.08. The van der Waals surface area contributed by atoms with Gasteiger partial charge >= 0.3 is 5.97 Å². The van der Waals surface area contributed by atoms with E-state index in [0.29, 0.717) is 10.6 Å². The number of hydrogen-bond acceptors (Lipinski definition) is 5. The molecule has 0 radical (unpaired) electrons. The van der Waals surface area contributed by atoms with Gasteiger partial charge in [0, 0.05) is 0 Å². The Balaban J connectivity index is 2.05. The Bertz CT molecular complexity index is 521. The standard InChI is InChI=1S/C11H9NO4S/c13-7-1-3-8(4-2-7)16-6-10-9(11(14)15)5-12-17-10/h1-5,13H,6H2,(H,14,15). The zero-order valence-electron chi connectivity index (χ0n) is 8.66. The number of benzene rings is 1. The van der Waals surface area contributed by atoms with Gasteiger partial charge in [-0.3, -0.25) is 0 Å². The van der Waals surface area contributed by atoms with Crippen molar-refractivity contribution in [2.75, 3.05) is 0 Å². The minimum Gasteiger partial charge on any atom is -0.508 e. The Morgan fingerprint density at radius 3 is 2.71 bits per heavy atom. The molecule has 5 nitrogen and oxygen atoms in total. The number of phenols is 1. The van der Waals surface area contributed by atoms with Crippen LogP contribution in [0, 0.1) is 0 Å². The summed E-state index contributed by atoms with van der Waals surface area (Å²) >= 11 is 1.10. The van der Waals surface area contributed by atoms with Crippen molar-refractivity contribution in [3.63, 3.8) is 0 Å². The van der Waals surface area contributed by atoms with Gasteiger partial charge in [0.1, 0.15) is 18.1 Å². The fourth-order valence-electron chi connectivity index (χ4n) is 1.23. The molecule has 0 amide bonds. The Hall–Kier alpha value is -2.08. The normalized spacial score (nSPS) is 10.1. The van der Waals surface area contributed by atoms with E-state index in [9.17, 15) is 4.79 Å². The Labute approximate surface area is 101 Å². The van der Waals surface area contributed by atoms with Crippen molar-refractivity contribution in [1.29, 1.82) is 0 Å².